The molecule has 0 unspecified atom stereocenters. The van der Waals surface area contributed by atoms with Crippen LogP contribution in [-0.4, -0.2) is 29.4 Å². The van der Waals surface area contributed by atoms with Gasteiger partial charge in [-0.25, -0.2) is 0 Å². The van der Waals surface area contributed by atoms with E-state index in [1.54, 1.807) is 0 Å². The van der Waals surface area contributed by atoms with E-state index in [0.29, 0.717) is 0 Å². The number of Topliss-reactive ketones (excluding diaryl/α,β-unsaturated/α-hetero) is 3. The lowest BCUT2D eigenvalue weighted by molar-refractivity contribution is -0.213. The number of hydrogen-bond donors (Lipinski definition) is 0. The molecule has 3 saturated carbocycles. The molecular formula is C22H26O5. The molecule has 4 aliphatic carbocycles. The number of carbonyl (C=O) groups is 4. The van der Waals surface area contributed by atoms with Crippen LogP contribution in [0, 0.1) is 46.8 Å². The number of esters is 1. The maximum Gasteiger partial charge on any atom is 0.320 e. The van der Waals surface area contributed by atoms with Crippen molar-refractivity contribution in [1.82, 2.24) is 0 Å². The molecule has 0 aromatic heterocycles. The Morgan fingerprint density at radius 2 is 1.96 bits per heavy atom. The van der Waals surface area contributed by atoms with Gasteiger partial charge in [-0.2, -0.15) is 0 Å². The van der Waals surface area contributed by atoms with E-state index < -0.39 is 11.4 Å². The van der Waals surface area contributed by atoms with Crippen LogP contribution in [-0.2, 0) is 23.9 Å². The first-order valence-corrected chi connectivity index (χ1v) is 10.3. The largest absolute Gasteiger partial charge is 0.461 e. The Morgan fingerprint density at radius 1 is 1.19 bits per heavy atom. The van der Waals surface area contributed by atoms with Crippen molar-refractivity contribution in [3.05, 3.63) is 12.2 Å². The fourth-order valence-electron chi connectivity index (χ4n) is 7.38. The van der Waals surface area contributed by atoms with Crippen LogP contribution in [0.5, 0.6) is 0 Å². The molecule has 144 valence electrons. The summed E-state index contributed by atoms with van der Waals surface area (Å²) in [5.74, 6) is -0.256. The Morgan fingerprint density at radius 3 is 2.67 bits per heavy atom. The van der Waals surface area contributed by atoms with Gasteiger partial charge < -0.3 is 9.53 Å². The summed E-state index contributed by atoms with van der Waals surface area (Å²) in [4.78, 5) is 51.1. The van der Waals surface area contributed by atoms with Gasteiger partial charge in [0, 0.05) is 24.7 Å². The Kier molecular flexibility index (Phi) is 3.60. The molecule has 0 aromatic rings. The zero-order chi connectivity index (χ0) is 19.1. The van der Waals surface area contributed by atoms with Crippen LogP contribution in [0.2, 0.25) is 0 Å². The zero-order valence-electron chi connectivity index (χ0n) is 15.9. The molecule has 0 amide bonds. The minimum atomic E-state index is -1.16. The van der Waals surface area contributed by atoms with Gasteiger partial charge in [0.1, 0.15) is 23.1 Å². The van der Waals surface area contributed by atoms with E-state index in [1.807, 2.05) is 6.92 Å². The number of hydrogen-bond acceptors (Lipinski definition) is 5. The van der Waals surface area contributed by atoms with E-state index in [1.165, 1.54) is 6.92 Å². The van der Waals surface area contributed by atoms with Gasteiger partial charge in [-0.15, -0.1) is 0 Å². The van der Waals surface area contributed by atoms with Gasteiger partial charge in [-0.05, 0) is 55.8 Å². The summed E-state index contributed by atoms with van der Waals surface area (Å²) in [5.41, 5.74) is -1.16. The average molecular weight is 370 g/mol. The first-order valence-electron chi connectivity index (χ1n) is 10.3. The maximum absolute atomic E-state index is 13.2. The number of carbonyl (C=O) groups excluding carboxylic acids is 4. The van der Waals surface area contributed by atoms with Crippen molar-refractivity contribution in [1.29, 1.82) is 0 Å². The lowest BCUT2D eigenvalue weighted by atomic mass is 9.43. The predicted octanol–water partition coefficient (Wildman–Crippen LogP) is 2.52. The predicted molar refractivity (Wildman–Crippen MR) is 95.3 cm³/mol. The highest BCUT2D eigenvalue weighted by Gasteiger charge is 2.70. The first kappa shape index (κ1) is 17.3. The van der Waals surface area contributed by atoms with Crippen molar-refractivity contribution in [2.24, 2.45) is 46.8 Å². The molecule has 0 N–H and O–H groups in total. The highest BCUT2D eigenvalue weighted by atomic mass is 16.5. The molecule has 2 saturated heterocycles. The van der Waals surface area contributed by atoms with Crippen LogP contribution in [0.15, 0.2) is 12.2 Å². The van der Waals surface area contributed by atoms with E-state index in [-0.39, 0.29) is 77.7 Å². The number of allylic oxidation sites excluding steroid dienone is 2. The van der Waals surface area contributed by atoms with Crippen LogP contribution in [0.1, 0.15) is 46.0 Å². The second-order valence-corrected chi connectivity index (χ2v) is 9.56. The minimum absolute atomic E-state index is 0.00125. The normalized spacial score (nSPS) is 50.1. The zero-order valence-corrected chi connectivity index (χ0v) is 15.9. The molecule has 0 radical (unpaired) electrons. The smallest absolute Gasteiger partial charge is 0.320 e. The third kappa shape index (κ3) is 2.11. The van der Waals surface area contributed by atoms with Gasteiger partial charge in [0.05, 0.1) is 0 Å². The molecule has 6 aliphatic rings. The highest BCUT2D eigenvalue weighted by Crippen LogP contribution is 2.64. The monoisotopic (exact) mass is 370 g/mol. The fourth-order valence-corrected chi connectivity index (χ4v) is 7.38. The van der Waals surface area contributed by atoms with Crippen molar-refractivity contribution in [2.45, 2.75) is 52.1 Å². The van der Waals surface area contributed by atoms with E-state index >= 15 is 0 Å². The van der Waals surface area contributed by atoms with Crippen molar-refractivity contribution in [2.75, 3.05) is 0 Å². The quantitative estimate of drug-likeness (QED) is 0.424. The van der Waals surface area contributed by atoms with Crippen LogP contribution >= 0.6 is 0 Å². The van der Waals surface area contributed by atoms with E-state index in [2.05, 4.69) is 12.2 Å². The number of ether oxygens (including phenoxy) is 1. The van der Waals surface area contributed by atoms with E-state index in [9.17, 15) is 19.2 Å². The Hall–Kier alpha value is -1.78. The highest BCUT2D eigenvalue weighted by molar-refractivity contribution is 6.08. The minimum Gasteiger partial charge on any atom is -0.461 e. The third-order valence-electron chi connectivity index (χ3n) is 8.25. The molecule has 2 aliphatic heterocycles. The topological polar surface area (TPSA) is 77.5 Å². The number of fused-ring (bicyclic) bond motifs is 5. The van der Waals surface area contributed by atoms with E-state index in [0.717, 1.165) is 19.3 Å². The summed E-state index contributed by atoms with van der Waals surface area (Å²) in [5, 5.41) is 0. The average Bonchev–Trinajstić information content (AvgIpc) is 2.88. The van der Waals surface area contributed by atoms with Crippen LogP contribution < -0.4 is 0 Å². The van der Waals surface area contributed by atoms with Crippen LogP contribution in [0.4, 0.5) is 0 Å². The number of ketones is 3. The van der Waals surface area contributed by atoms with Crippen molar-refractivity contribution < 1.29 is 23.9 Å². The second-order valence-electron chi connectivity index (χ2n) is 9.56. The van der Waals surface area contributed by atoms with Crippen molar-refractivity contribution >= 4 is 23.3 Å². The summed E-state index contributed by atoms with van der Waals surface area (Å²) < 4.78 is 5.61. The Labute approximate surface area is 158 Å². The fraction of sp³-hybridized carbons (Fsp3) is 0.727. The standard InChI is InChI=1S/C22H26O5/c1-10-5-16-15(20(10)25)4-3-12-7-13-8-14-9-18(24)22(13,21(26)27-14)17(19(12)16)6-11(2)23/h3-4,10,12-17,19H,5-9H2,1-2H3/t10-,12+,13+,14-,15-,16+,17+,19-,22+/m1/s1. The van der Waals surface area contributed by atoms with Gasteiger partial charge in [-0.3, -0.25) is 14.4 Å². The lowest BCUT2D eigenvalue weighted by Gasteiger charge is -2.60. The van der Waals surface area contributed by atoms with Crippen LogP contribution in [0.25, 0.3) is 0 Å². The van der Waals surface area contributed by atoms with Gasteiger partial charge in [0.2, 0.25) is 0 Å². The van der Waals surface area contributed by atoms with Crippen molar-refractivity contribution in [3.8, 4) is 0 Å². The molecule has 27 heavy (non-hydrogen) atoms. The molecular weight excluding hydrogens is 344 g/mol. The second kappa shape index (κ2) is 5.62. The first-order chi connectivity index (χ1) is 12.8. The lowest BCUT2D eigenvalue weighted by Crippen LogP contribution is -2.67. The maximum atomic E-state index is 13.2. The molecule has 5 fully saturated rings. The van der Waals surface area contributed by atoms with Gasteiger partial charge >= 0.3 is 5.97 Å². The van der Waals surface area contributed by atoms with E-state index in [4.69, 9.17) is 4.74 Å². The Bertz CT molecular complexity index is 762. The van der Waals surface area contributed by atoms with Gasteiger partial charge in [-0.1, -0.05) is 19.1 Å². The molecule has 6 rings (SSSR count). The molecule has 9 atom stereocenters. The summed E-state index contributed by atoms with van der Waals surface area (Å²) in [6, 6.07) is 0. The number of rotatable bonds is 2. The molecule has 2 bridgehead atoms. The molecule has 2 heterocycles. The summed E-state index contributed by atoms with van der Waals surface area (Å²) in [7, 11) is 0. The molecule has 0 aromatic carbocycles. The van der Waals surface area contributed by atoms with Crippen molar-refractivity contribution in [3.63, 3.8) is 0 Å². The summed E-state index contributed by atoms with van der Waals surface area (Å²) in [6.45, 7) is 3.51. The molecule has 5 nitrogen and oxygen atoms in total. The molecule has 5 heteroatoms. The van der Waals surface area contributed by atoms with Gasteiger partial charge in [0.15, 0.2) is 5.78 Å². The summed E-state index contributed by atoms with van der Waals surface area (Å²) in [6.07, 6.45) is 6.75. The summed E-state index contributed by atoms with van der Waals surface area (Å²) >= 11 is 0. The Balaban J connectivity index is 1.65. The SMILES string of the molecule is CC(=O)C[C@H]1[C@H]2[C@H]3C[C@@H](C)C(=O)[C@@H]3C=C[C@H]2C[C@H]2C[C@@H]3CC(=O)[C@]21C(=O)O3. The van der Waals surface area contributed by atoms with Gasteiger partial charge in [0.25, 0.3) is 0 Å². The third-order valence-corrected chi connectivity index (χ3v) is 8.25. The van der Waals surface area contributed by atoms with Crippen LogP contribution in [0.3, 0.4) is 0 Å². The molecule has 1 spiro atoms.